The third-order valence-electron chi connectivity index (χ3n) is 2.30. The number of para-hydroxylation sites is 2. The SMILES string of the molecule is C#CCn1c(CC)nc2ccccc21. The van der Waals surface area contributed by atoms with E-state index in [-0.39, 0.29) is 0 Å². The number of benzene rings is 1. The van der Waals surface area contributed by atoms with Crippen LogP contribution in [0, 0.1) is 12.3 Å². The molecule has 1 aromatic carbocycles. The van der Waals surface area contributed by atoms with Crippen LogP contribution in [0.3, 0.4) is 0 Å². The Hall–Kier alpha value is -1.75. The number of imidazole rings is 1. The molecule has 1 aromatic heterocycles. The van der Waals surface area contributed by atoms with E-state index in [0.717, 1.165) is 23.3 Å². The van der Waals surface area contributed by atoms with Gasteiger partial charge in [0.1, 0.15) is 5.82 Å². The molecule has 0 fully saturated rings. The van der Waals surface area contributed by atoms with Gasteiger partial charge in [-0.25, -0.2) is 4.98 Å². The Kier molecular flexibility index (Phi) is 2.24. The molecule has 2 rings (SSSR count). The first-order chi connectivity index (χ1) is 6.86. The second-order valence-corrected chi connectivity index (χ2v) is 3.16. The minimum atomic E-state index is 0.601. The largest absolute Gasteiger partial charge is 0.316 e. The van der Waals surface area contributed by atoms with Crippen LogP contribution in [0.2, 0.25) is 0 Å². The fraction of sp³-hybridized carbons (Fsp3) is 0.250. The van der Waals surface area contributed by atoms with E-state index in [1.54, 1.807) is 0 Å². The fourth-order valence-corrected chi connectivity index (χ4v) is 1.66. The van der Waals surface area contributed by atoms with Crippen LogP contribution in [0.25, 0.3) is 11.0 Å². The lowest BCUT2D eigenvalue weighted by atomic mass is 10.3. The van der Waals surface area contributed by atoms with Crippen molar-refractivity contribution in [3.05, 3.63) is 30.1 Å². The smallest absolute Gasteiger partial charge is 0.110 e. The van der Waals surface area contributed by atoms with Gasteiger partial charge < -0.3 is 4.57 Å². The van der Waals surface area contributed by atoms with Gasteiger partial charge in [0.05, 0.1) is 17.6 Å². The monoisotopic (exact) mass is 184 g/mol. The number of nitrogens with zero attached hydrogens (tertiary/aromatic N) is 2. The molecule has 0 atom stereocenters. The van der Waals surface area contributed by atoms with Crippen LogP contribution in [0.5, 0.6) is 0 Å². The molecule has 2 heteroatoms. The highest BCUT2D eigenvalue weighted by Gasteiger charge is 2.06. The van der Waals surface area contributed by atoms with Crippen molar-refractivity contribution in [1.82, 2.24) is 9.55 Å². The van der Waals surface area contributed by atoms with Crippen molar-refractivity contribution in [2.24, 2.45) is 0 Å². The molecule has 0 spiro atoms. The number of hydrogen-bond donors (Lipinski definition) is 0. The van der Waals surface area contributed by atoms with Gasteiger partial charge in [-0.15, -0.1) is 6.42 Å². The predicted molar refractivity (Wildman–Crippen MR) is 57.9 cm³/mol. The van der Waals surface area contributed by atoms with Crippen molar-refractivity contribution in [3.63, 3.8) is 0 Å². The third-order valence-corrected chi connectivity index (χ3v) is 2.30. The number of fused-ring (bicyclic) bond motifs is 1. The van der Waals surface area contributed by atoms with E-state index in [1.165, 1.54) is 0 Å². The number of aromatic nitrogens is 2. The van der Waals surface area contributed by atoms with E-state index in [9.17, 15) is 0 Å². The molecular formula is C12H12N2. The van der Waals surface area contributed by atoms with Crippen molar-refractivity contribution in [1.29, 1.82) is 0 Å². The maximum atomic E-state index is 5.34. The molecule has 0 saturated heterocycles. The van der Waals surface area contributed by atoms with Gasteiger partial charge in [0, 0.05) is 6.42 Å². The lowest BCUT2D eigenvalue weighted by molar-refractivity contribution is 0.782. The lowest BCUT2D eigenvalue weighted by Crippen LogP contribution is -2.00. The third kappa shape index (κ3) is 1.27. The number of hydrogen-bond acceptors (Lipinski definition) is 1. The van der Waals surface area contributed by atoms with E-state index in [2.05, 4.69) is 28.5 Å². The van der Waals surface area contributed by atoms with Crippen molar-refractivity contribution < 1.29 is 0 Å². The summed E-state index contributed by atoms with van der Waals surface area (Å²) in [5.41, 5.74) is 2.15. The first-order valence-electron chi connectivity index (χ1n) is 4.74. The molecular weight excluding hydrogens is 172 g/mol. The summed E-state index contributed by atoms with van der Waals surface area (Å²) in [5, 5.41) is 0. The number of terminal acetylenes is 1. The summed E-state index contributed by atoms with van der Waals surface area (Å²) in [6.45, 7) is 2.69. The molecule has 70 valence electrons. The van der Waals surface area contributed by atoms with Crippen molar-refractivity contribution in [3.8, 4) is 12.3 Å². The first-order valence-corrected chi connectivity index (χ1v) is 4.74. The second kappa shape index (κ2) is 3.55. The van der Waals surface area contributed by atoms with Crippen molar-refractivity contribution in [2.75, 3.05) is 0 Å². The van der Waals surface area contributed by atoms with Crippen LogP contribution in [0.15, 0.2) is 24.3 Å². The highest BCUT2D eigenvalue weighted by molar-refractivity contribution is 5.76. The van der Waals surface area contributed by atoms with E-state index in [1.807, 2.05) is 18.2 Å². The molecule has 14 heavy (non-hydrogen) atoms. The average molecular weight is 184 g/mol. The van der Waals surface area contributed by atoms with Gasteiger partial charge in [0.15, 0.2) is 0 Å². The van der Waals surface area contributed by atoms with Crippen LogP contribution < -0.4 is 0 Å². The average Bonchev–Trinajstić information content (AvgIpc) is 2.58. The van der Waals surface area contributed by atoms with E-state index < -0.39 is 0 Å². The van der Waals surface area contributed by atoms with E-state index in [0.29, 0.717) is 6.54 Å². The van der Waals surface area contributed by atoms with Crippen LogP contribution in [-0.4, -0.2) is 9.55 Å². The van der Waals surface area contributed by atoms with Crippen LogP contribution in [0.1, 0.15) is 12.7 Å². The van der Waals surface area contributed by atoms with Crippen LogP contribution in [0.4, 0.5) is 0 Å². The Morgan fingerprint density at radius 3 is 2.93 bits per heavy atom. The molecule has 0 amide bonds. The minimum Gasteiger partial charge on any atom is -0.316 e. The Balaban J connectivity index is 2.69. The molecule has 2 aromatic rings. The highest BCUT2D eigenvalue weighted by Crippen LogP contribution is 2.15. The Morgan fingerprint density at radius 1 is 1.43 bits per heavy atom. The van der Waals surface area contributed by atoms with Gasteiger partial charge >= 0.3 is 0 Å². The second-order valence-electron chi connectivity index (χ2n) is 3.16. The normalized spacial score (nSPS) is 10.3. The van der Waals surface area contributed by atoms with Crippen LogP contribution in [-0.2, 0) is 13.0 Å². The van der Waals surface area contributed by atoms with Crippen molar-refractivity contribution >= 4 is 11.0 Å². The van der Waals surface area contributed by atoms with E-state index in [4.69, 9.17) is 6.42 Å². The first kappa shape index (κ1) is 8.83. The van der Waals surface area contributed by atoms with Crippen molar-refractivity contribution in [2.45, 2.75) is 19.9 Å². The highest BCUT2D eigenvalue weighted by atomic mass is 15.1. The Morgan fingerprint density at radius 2 is 2.21 bits per heavy atom. The molecule has 0 unspecified atom stereocenters. The molecule has 0 aliphatic carbocycles. The summed E-state index contributed by atoms with van der Waals surface area (Å²) >= 11 is 0. The van der Waals surface area contributed by atoms with Gasteiger partial charge in [-0.2, -0.15) is 0 Å². The van der Waals surface area contributed by atoms with Crippen LogP contribution >= 0.6 is 0 Å². The molecule has 0 N–H and O–H groups in total. The zero-order valence-corrected chi connectivity index (χ0v) is 8.20. The molecule has 1 heterocycles. The summed E-state index contributed by atoms with van der Waals surface area (Å²) < 4.78 is 2.09. The summed E-state index contributed by atoms with van der Waals surface area (Å²) in [5.74, 6) is 3.72. The topological polar surface area (TPSA) is 17.8 Å². The van der Waals surface area contributed by atoms with E-state index >= 15 is 0 Å². The Bertz CT molecular complexity index is 488. The molecule has 0 bridgehead atoms. The predicted octanol–water partition coefficient (Wildman–Crippen LogP) is 2.23. The zero-order valence-electron chi connectivity index (χ0n) is 8.20. The lowest BCUT2D eigenvalue weighted by Gasteiger charge is -2.01. The molecule has 0 aliphatic heterocycles. The fourth-order valence-electron chi connectivity index (χ4n) is 1.66. The quantitative estimate of drug-likeness (QED) is 0.654. The maximum absolute atomic E-state index is 5.34. The summed E-state index contributed by atoms with van der Waals surface area (Å²) in [7, 11) is 0. The summed E-state index contributed by atoms with van der Waals surface area (Å²) in [6.07, 6.45) is 6.25. The summed E-state index contributed by atoms with van der Waals surface area (Å²) in [4.78, 5) is 4.52. The summed E-state index contributed by atoms with van der Waals surface area (Å²) in [6, 6.07) is 8.08. The standard InChI is InChI=1S/C12H12N2/c1-3-9-14-11-8-6-5-7-10(11)13-12(14)4-2/h1,5-8H,4,9H2,2H3. The molecule has 2 nitrogen and oxygen atoms in total. The zero-order chi connectivity index (χ0) is 9.97. The minimum absolute atomic E-state index is 0.601. The van der Waals surface area contributed by atoms with Gasteiger partial charge in [-0.05, 0) is 12.1 Å². The van der Waals surface area contributed by atoms with Gasteiger partial charge in [0.25, 0.3) is 0 Å². The molecule has 0 aliphatic rings. The molecule has 0 radical (unpaired) electrons. The van der Waals surface area contributed by atoms with Gasteiger partial charge in [0.2, 0.25) is 0 Å². The Labute approximate surface area is 83.6 Å². The number of aryl methyl sites for hydroxylation is 1. The number of rotatable bonds is 2. The van der Waals surface area contributed by atoms with Gasteiger partial charge in [-0.3, -0.25) is 0 Å². The maximum Gasteiger partial charge on any atom is 0.110 e. The molecule has 0 saturated carbocycles. The van der Waals surface area contributed by atoms with Gasteiger partial charge in [-0.1, -0.05) is 25.0 Å².